The molecular formula is C25H22N2O3. The van der Waals surface area contributed by atoms with Crippen molar-refractivity contribution < 1.29 is 14.0 Å². The van der Waals surface area contributed by atoms with Crippen LogP contribution in [0.1, 0.15) is 17.0 Å². The highest BCUT2D eigenvalue weighted by Crippen LogP contribution is 2.29. The molecule has 0 saturated carbocycles. The van der Waals surface area contributed by atoms with Gasteiger partial charge < -0.3 is 14.0 Å². The molecule has 4 rings (SSSR count). The fraction of sp³-hybridized carbons (Fsp3) is 0.120. The van der Waals surface area contributed by atoms with Crippen LogP contribution in [0.5, 0.6) is 11.5 Å². The monoisotopic (exact) mass is 398 g/mol. The molecule has 0 amide bonds. The Morgan fingerprint density at radius 2 is 1.67 bits per heavy atom. The van der Waals surface area contributed by atoms with Gasteiger partial charge >= 0.3 is 0 Å². The zero-order valence-electron chi connectivity index (χ0n) is 16.9. The molecule has 0 atom stereocenters. The molecule has 5 heteroatoms. The van der Waals surface area contributed by atoms with Gasteiger partial charge in [-0.2, -0.15) is 0 Å². The zero-order valence-corrected chi connectivity index (χ0v) is 16.9. The van der Waals surface area contributed by atoms with Gasteiger partial charge in [-0.1, -0.05) is 47.6 Å². The number of rotatable bonds is 7. The minimum atomic E-state index is 0.290. The number of aliphatic imine (C=N–C) groups is 1. The lowest BCUT2D eigenvalue weighted by atomic mass is 10.1. The van der Waals surface area contributed by atoms with Crippen molar-refractivity contribution >= 4 is 11.9 Å². The Hall–Kier alpha value is -3.86. The largest absolute Gasteiger partial charge is 0.493 e. The predicted octanol–water partition coefficient (Wildman–Crippen LogP) is 5.99. The molecule has 150 valence electrons. The second-order valence-electron chi connectivity index (χ2n) is 6.80. The smallest absolute Gasteiger partial charge is 0.174 e. The van der Waals surface area contributed by atoms with E-state index >= 15 is 0 Å². The van der Waals surface area contributed by atoms with E-state index in [1.54, 1.807) is 7.11 Å². The average Bonchev–Trinajstić information content (AvgIpc) is 3.22. The van der Waals surface area contributed by atoms with Gasteiger partial charge in [0.25, 0.3) is 0 Å². The summed E-state index contributed by atoms with van der Waals surface area (Å²) in [6.45, 7) is 2.16. The fourth-order valence-electron chi connectivity index (χ4n) is 3.04. The number of aromatic nitrogens is 1. The number of nitrogens with zero attached hydrogens (tertiary/aromatic N) is 2. The molecule has 0 radical (unpaired) electrons. The molecule has 3 aromatic carbocycles. The maximum absolute atomic E-state index is 5.80. The van der Waals surface area contributed by atoms with Crippen LogP contribution in [0.2, 0.25) is 0 Å². The molecule has 4 aromatic rings. The quantitative estimate of drug-likeness (QED) is 0.359. The Morgan fingerprint density at radius 3 is 2.37 bits per heavy atom. The SMILES string of the molecule is COc1cc(C=Nc2ccc(-c3ccccc3)cc2)ccc1OCc1cc(C)no1. The Bertz CT molecular complexity index is 1130. The fourth-order valence-corrected chi connectivity index (χ4v) is 3.04. The molecule has 1 aromatic heterocycles. The number of aryl methyl sites for hydroxylation is 1. The second-order valence-corrected chi connectivity index (χ2v) is 6.80. The van der Waals surface area contributed by atoms with Crippen LogP contribution in [0.4, 0.5) is 5.69 Å². The summed E-state index contributed by atoms with van der Waals surface area (Å²) < 4.78 is 16.4. The average molecular weight is 398 g/mol. The maximum Gasteiger partial charge on any atom is 0.174 e. The lowest BCUT2D eigenvalue weighted by Gasteiger charge is -2.10. The first-order valence-electron chi connectivity index (χ1n) is 9.64. The highest BCUT2D eigenvalue weighted by atomic mass is 16.5. The van der Waals surface area contributed by atoms with Gasteiger partial charge in [0, 0.05) is 12.3 Å². The summed E-state index contributed by atoms with van der Waals surface area (Å²) in [6.07, 6.45) is 1.81. The van der Waals surface area contributed by atoms with E-state index < -0.39 is 0 Å². The van der Waals surface area contributed by atoms with Gasteiger partial charge in [-0.05, 0) is 53.9 Å². The number of hydrogen-bond donors (Lipinski definition) is 0. The first-order valence-corrected chi connectivity index (χ1v) is 9.64. The molecule has 0 N–H and O–H groups in total. The third-order valence-electron chi connectivity index (χ3n) is 4.57. The maximum atomic E-state index is 5.80. The molecule has 1 heterocycles. The van der Waals surface area contributed by atoms with E-state index in [1.807, 2.05) is 67.7 Å². The van der Waals surface area contributed by atoms with Gasteiger partial charge in [-0.25, -0.2) is 0 Å². The molecule has 0 spiro atoms. The highest BCUT2D eigenvalue weighted by Gasteiger charge is 2.08. The number of hydrogen-bond acceptors (Lipinski definition) is 5. The van der Waals surface area contributed by atoms with Crippen molar-refractivity contribution in [1.29, 1.82) is 0 Å². The Kier molecular flexibility index (Phi) is 5.90. The van der Waals surface area contributed by atoms with Crippen LogP contribution in [0.15, 0.2) is 88.4 Å². The zero-order chi connectivity index (χ0) is 20.8. The van der Waals surface area contributed by atoms with E-state index in [-0.39, 0.29) is 0 Å². The molecule has 0 aliphatic carbocycles. The van der Waals surface area contributed by atoms with Crippen LogP contribution in [0.3, 0.4) is 0 Å². The van der Waals surface area contributed by atoms with E-state index in [0.717, 1.165) is 16.9 Å². The number of benzene rings is 3. The van der Waals surface area contributed by atoms with Gasteiger partial charge in [0.2, 0.25) is 0 Å². The highest BCUT2D eigenvalue weighted by molar-refractivity contribution is 5.83. The normalized spacial score (nSPS) is 11.0. The van der Waals surface area contributed by atoms with Crippen LogP contribution in [0, 0.1) is 6.92 Å². The van der Waals surface area contributed by atoms with E-state index in [2.05, 4.69) is 34.4 Å². The lowest BCUT2D eigenvalue weighted by molar-refractivity contribution is 0.239. The van der Waals surface area contributed by atoms with Crippen LogP contribution in [-0.4, -0.2) is 18.5 Å². The predicted molar refractivity (Wildman–Crippen MR) is 118 cm³/mol. The summed E-state index contributed by atoms with van der Waals surface area (Å²) >= 11 is 0. The Morgan fingerprint density at radius 1 is 0.900 bits per heavy atom. The molecule has 5 nitrogen and oxygen atoms in total. The van der Waals surface area contributed by atoms with Crippen LogP contribution in [0.25, 0.3) is 11.1 Å². The first kappa shape index (κ1) is 19.5. The summed E-state index contributed by atoms with van der Waals surface area (Å²) in [5.74, 6) is 1.93. The number of ether oxygens (including phenoxy) is 2. The standard InChI is InChI=1S/C25H22N2O3/c1-18-14-23(30-27-18)17-29-24-13-8-19(15-25(24)28-2)16-26-22-11-9-21(10-12-22)20-6-4-3-5-7-20/h3-16H,17H2,1-2H3. The molecule has 0 aliphatic rings. The molecule has 0 bridgehead atoms. The van der Waals surface area contributed by atoms with E-state index in [9.17, 15) is 0 Å². The molecule has 0 aliphatic heterocycles. The molecule has 0 saturated heterocycles. The van der Waals surface area contributed by atoms with Crippen LogP contribution < -0.4 is 9.47 Å². The van der Waals surface area contributed by atoms with E-state index in [0.29, 0.717) is 23.9 Å². The van der Waals surface area contributed by atoms with Crippen molar-refractivity contribution in [2.45, 2.75) is 13.5 Å². The van der Waals surface area contributed by atoms with Gasteiger partial charge in [0.1, 0.15) is 6.61 Å². The molecule has 30 heavy (non-hydrogen) atoms. The topological polar surface area (TPSA) is 56.9 Å². The van der Waals surface area contributed by atoms with Crippen molar-refractivity contribution in [3.63, 3.8) is 0 Å². The summed E-state index contributed by atoms with van der Waals surface area (Å²) in [6, 6.07) is 26.0. The van der Waals surface area contributed by atoms with Gasteiger partial charge in [0.05, 0.1) is 18.5 Å². The van der Waals surface area contributed by atoms with Gasteiger partial charge in [-0.3, -0.25) is 4.99 Å². The summed E-state index contributed by atoms with van der Waals surface area (Å²) in [4.78, 5) is 4.57. The third kappa shape index (κ3) is 4.75. The van der Waals surface area contributed by atoms with Crippen molar-refractivity contribution in [3.05, 3.63) is 95.9 Å². The minimum absolute atomic E-state index is 0.290. The van der Waals surface area contributed by atoms with E-state index in [1.165, 1.54) is 11.1 Å². The molecular weight excluding hydrogens is 376 g/mol. The van der Waals surface area contributed by atoms with Gasteiger partial charge in [0.15, 0.2) is 17.3 Å². The van der Waals surface area contributed by atoms with Crippen LogP contribution >= 0.6 is 0 Å². The Balaban J connectivity index is 1.44. The lowest BCUT2D eigenvalue weighted by Crippen LogP contribution is -1.97. The first-order chi connectivity index (χ1) is 14.7. The van der Waals surface area contributed by atoms with Gasteiger partial charge in [-0.15, -0.1) is 0 Å². The minimum Gasteiger partial charge on any atom is -0.493 e. The van der Waals surface area contributed by atoms with Crippen molar-refractivity contribution in [2.24, 2.45) is 4.99 Å². The third-order valence-corrected chi connectivity index (χ3v) is 4.57. The summed E-state index contributed by atoms with van der Waals surface area (Å²) in [5, 5.41) is 3.86. The van der Waals surface area contributed by atoms with E-state index in [4.69, 9.17) is 14.0 Å². The molecule has 0 unspecified atom stereocenters. The number of methoxy groups -OCH3 is 1. The summed E-state index contributed by atoms with van der Waals surface area (Å²) in [7, 11) is 1.62. The van der Waals surface area contributed by atoms with Crippen molar-refractivity contribution in [2.75, 3.05) is 7.11 Å². The van der Waals surface area contributed by atoms with Crippen LogP contribution in [-0.2, 0) is 6.61 Å². The van der Waals surface area contributed by atoms with Crippen molar-refractivity contribution in [1.82, 2.24) is 5.16 Å². The second kappa shape index (κ2) is 9.09. The Labute approximate surface area is 175 Å². The summed E-state index contributed by atoms with van der Waals surface area (Å²) in [5.41, 5.74) is 4.98. The van der Waals surface area contributed by atoms with Crippen molar-refractivity contribution in [3.8, 4) is 22.6 Å². The molecule has 0 fully saturated rings.